The van der Waals surface area contributed by atoms with E-state index in [1.165, 1.54) is 18.3 Å². The molecule has 0 saturated heterocycles. The molecule has 0 aliphatic heterocycles. The molecule has 0 aliphatic rings. The van der Waals surface area contributed by atoms with Crippen LogP contribution in [-0.2, 0) is 11.2 Å². The van der Waals surface area contributed by atoms with E-state index in [2.05, 4.69) is 10.3 Å². The molecule has 0 bridgehead atoms. The lowest BCUT2D eigenvalue weighted by Gasteiger charge is -2.00. The number of nitrogens with two attached hydrogens (primary N) is 1. The van der Waals surface area contributed by atoms with Gasteiger partial charge in [0.25, 0.3) is 5.91 Å². The van der Waals surface area contributed by atoms with E-state index in [0.29, 0.717) is 22.1 Å². The van der Waals surface area contributed by atoms with Crippen molar-refractivity contribution in [2.45, 2.75) is 13.3 Å². The van der Waals surface area contributed by atoms with Gasteiger partial charge in [0.15, 0.2) is 16.7 Å². The molecule has 2 heterocycles. The van der Waals surface area contributed by atoms with Gasteiger partial charge in [0.1, 0.15) is 5.76 Å². The van der Waals surface area contributed by atoms with Crippen LogP contribution in [0.3, 0.4) is 0 Å². The first-order valence-corrected chi connectivity index (χ1v) is 8.55. The Kier molecular flexibility index (Phi) is 4.94. The fourth-order valence-corrected chi connectivity index (χ4v) is 2.97. The van der Waals surface area contributed by atoms with Crippen LogP contribution in [0.25, 0.3) is 11.3 Å². The minimum absolute atomic E-state index is 0.0183. The number of carbonyl (C=O) groups excluding carboxylic acids is 3. The van der Waals surface area contributed by atoms with Gasteiger partial charge in [-0.1, -0.05) is 24.3 Å². The van der Waals surface area contributed by atoms with Gasteiger partial charge in [-0.3, -0.25) is 19.7 Å². The fraction of sp³-hybridized carbons (Fsp3) is 0.111. The number of hydrogen-bond donors (Lipinski definition) is 2. The first-order valence-electron chi connectivity index (χ1n) is 7.67. The molecule has 0 saturated carbocycles. The van der Waals surface area contributed by atoms with Crippen molar-refractivity contribution in [2.75, 3.05) is 5.32 Å². The molecule has 2 amide bonds. The SMILES string of the molecule is CC(=O)c1ccc(-c2ccc(C(=O)Nc3nc(CC(N)=O)cs3)o2)cc1. The van der Waals surface area contributed by atoms with Crippen molar-refractivity contribution >= 4 is 34.1 Å². The summed E-state index contributed by atoms with van der Waals surface area (Å²) in [5, 5.41) is 4.63. The average Bonchev–Trinajstić information content (AvgIpc) is 3.24. The third kappa shape index (κ3) is 4.04. The average molecular weight is 369 g/mol. The predicted molar refractivity (Wildman–Crippen MR) is 97.1 cm³/mol. The van der Waals surface area contributed by atoms with Gasteiger partial charge in [0.2, 0.25) is 5.91 Å². The predicted octanol–water partition coefficient (Wildman–Crippen LogP) is 2.89. The number of ketones is 1. The number of hydrogen-bond acceptors (Lipinski definition) is 6. The van der Waals surface area contributed by atoms with E-state index in [4.69, 9.17) is 10.2 Å². The second-order valence-electron chi connectivity index (χ2n) is 5.54. The zero-order valence-corrected chi connectivity index (χ0v) is 14.6. The van der Waals surface area contributed by atoms with Crippen LogP contribution < -0.4 is 11.1 Å². The molecule has 3 aromatic rings. The van der Waals surface area contributed by atoms with Crippen LogP contribution in [0.2, 0.25) is 0 Å². The summed E-state index contributed by atoms with van der Waals surface area (Å²) in [4.78, 5) is 38.6. The van der Waals surface area contributed by atoms with E-state index in [9.17, 15) is 14.4 Å². The number of benzene rings is 1. The van der Waals surface area contributed by atoms with Crippen molar-refractivity contribution in [3.63, 3.8) is 0 Å². The lowest BCUT2D eigenvalue weighted by Crippen LogP contribution is -2.14. The highest BCUT2D eigenvalue weighted by Crippen LogP contribution is 2.24. The minimum Gasteiger partial charge on any atom is -0.451 e. The van der Waals surface area contributed by atoms with Crippen molar-refractivity contribution in [1.29, 1.82) is 0 Å². The number of nitrogens with one attached hydrogen (secondary N) is 1. The molecule has 1 aromatic carbocycles. The number of primary amides is 1. The second kappa shape index (κ2) is 7.32. The van der Waals surface area contributed by atoms with Crippen LogP contribution in [0.1, 0.15) is 33.5 Å². The van der Waals surface area contributed by atoms with Crippen LogP contribution in [0.15, 0.2) is 46.2 Å². The van der Waals surface area contributed by atoms with Crippen molar-refractivity contribution in [1.82, 2.24) is 4.98 Å². The molecule has 0 atom stereocenters. The molecule has 3 rings (SSSR count). The normalized spacial score (nSPS) is 10.5. The van der Waals surface area contributed by atoms with Crippen LogP contribution in [0, 0.1) is 0 Å². The highest BCUT2D eigenvalue weighted by molar-refractivity contribution is 7.14. The van der Waals surface area contributed by atoms with E-state index < -0.39 is 11.8 Å². The molecule has 0 fully saturated rings. The van der Waals surface area contributed by atoms with E-state index in [1.54, 1.807) is 41.8 Å². The lowest BCUT2D eigenvalue weighted by atomic mass is 10.1. The Bertz CT molecular complexity index is 972. The maximum absolute atomic E-state index is 12.3. The molecule has 0 unspecified atom stereocenters. The molecular formula is C18H15N3O4S. The summed E-state index contributed by atoms with van der Waals surface area (Å²) in [7, 11) is 0. The number of aromatic nitrogens is 1. The van der Waals surface area contributed by atoms with Crippen molar-refractivity contribution in [2.24, 2.45) is 5.73 Å². The van der Waals surface area contributed by atoms with E-state index >= 15 is 0 Å². The molecule has 0 aliphatic carbocycles. The number of anilines is 1. The first-order chi connectivity index (χ1) is 12.4. The van der Waals surface area contributed by atoms with Crippen LogP contribution in [0.5, 0.6) is 0 Å². The minimum atomic E-state index is -0.486. The third-order valence-corrected chi connectivity index (χ3v) is 4.34. The van der Waals surface area contributed by atoms with Gasteiger partial charge in [-0.2, -0.15) is 0 Å². The molecule has 0 spiro atoms. The Labute approximate surface area is 152 Å². The summed E-state index contributed by atoms with van der Waals surface area (Å²) in [6.07, 6.45) is 0.0214. The fourth-order valence-electron chi connectivity index (χ4n) is 2.27. The van der Waals surface area contributed by atoms with Crippen molar-refractivity contribution < 1.29 is 18.8 Å². The number of furan rings is 1. The highest BCUT2D eigenvalue weighted by atomic mass is 32.1. The Balaban J connectivity index is 1.70. The van der Waals surface area contributed by atoms with E-state index in [0.717, 1.165) is 5.56 Å². The Morgan fingerprint density at radius 2 is 1.88 bits per heavy atom. The second-order valence-corrected chi connectivity index (χ2v) is 6.40. The largest absolute Gasteiger partial charge is 0.451 e. The summed E-state index contributed by atoms with van der Waals surface area (Å²) >= 11 is 1.20. The zero-order valence-electron chi connectivity index (χ0n) is 13.8. The number of nitrogens with zero attached hydrogens (tertiary/aromatic N) is 1. The van der Waals surface area contributed by atoms with Crippen LogP contribution in [-0.4, -0.2) is 22.6 Å². The maximum atomic E-state index is 12.3. The summed E-state index contributed by atoms with van der Waals surface area (Å²) in [6.45, 7) is 1.50. The molecule has 8 heteroatoms. The monoisotopic (exact) mass is 369 g/mol. The van der Waals surface area contributed by atoms with Gasteiger partial charge in [-0.05, 0) is 19.1 Å². The third-order valence-electron chi connectivity index (χ3n) is 3.53. The van der Waals surface area contributed by atoms with Crippen molar-refractivity contribution in [3.8, 4) is 11.3 Å². The number of carbonyl (C=O) groups is 3. The molecular weight excluding hydrogens is 354 g/mol. The summed E-state index contributed by atoms with van der Waals surface area (Å²) in [5.74, 6) is -0.312. The van der Waals surface area contributed by atoms with Gasteiger partial charge in [0, 0.05) is 16.5 Å². The van der Waals surface area contributed by atoms with Gasteiger partial charge in [-0.25, -0.2) is 4.98 Å². The number of thiazole rings is 1. The first kappa shape index (κ1) is 17.6. The molecule has 0 radical (unpaired) electrons. The van der Waals surface area contributed by atoms with Crippen LogP contribution in [0.4, 0.5) is 5.13 Å². The Morgan fingerprint density at radius 1 is 1.15 bits per heavy atom. The highest BCUT2D eigenvalue weighted by Gasteiger charge is 2.15. The van der Waals surface area contributed by atoms with Gasteiger partial charge >= 0.3 is 0 Å². The molecule has 7 nitrogen and oxygen atoms in total. The molecule has 132 valence electrons. The number of Topliss-reactive ketones (excluding diaryl/α,β-unsaturated/α-hetero) is 1. The summed E-state index contributed by atoms with van der Waals surface area (Å²) in [5.41, 5.74) is 6.98. The zero-order chi connectivity index (χ0) is 18.7. The standard InChI is InChI=1S/C18H15N3O4S/c1-10(22)11-2-4-12(5-3-11)14-6-7-15(25-14)17(24)21-18-20-13(9-26-18)8-16(19)23/h2-7,9H,8H2,1H3,(H2,19,23)(H,20,21,24). The maximum Gasteiger partial charge on any atom is 0.293 e. The Hall–Kier alpha value is -3.26. The van der Waals surface area contributed by atoms with E-state index in [1.807, 2.05) is 0 Å². The van der Waals surface area contributed by atoms with Gasteiger partial charge in [-0.15, -0.1) is 11.3 Å². The van der Waals surface area contributed by atoms with Crippen LogP contribution >= 0.6 is 11.3 Å². The van der Waals surface area contributed by atoms with E-state index in [-0.39, 0.29) is 18.0 Å². The summed E-state index contributed by atoms with van der Waals surface area (Å²) in [6, 6.07) is 10.2. The quantitative estimate of drug-likeness (QED) is 0.648. The lowest BCUT2D eigenvalue weighted by molar-refractivity contribution is -0.117. The van der Waals surface area contributed by atoms with Gasteiger partial charge < -0.3 is 10.2 Å². The smallest absolute Gasteiger partial charge is 0.293 e. The Morgan fingerprint density at radius 3 is 2.54 bits per heavy atom. The molecule has 2 aromatic heterocycles. The molecule has 3 N–H and O–H groups in total. The number of rotatable bonds is 6. The topological polar surface area (TPSA) is 115 Å². The summed E-state index contributed by atoms with van der Waals surface area (Å²) < 4.78 is 5.58. The molecule has 26 heavy (non-hydrogen) atoms. The van der Waals surface area contributed by atoms with Gasteiger partial charge in [0.05, 0.1) is 12.1 Å². The number of amides is 2. The van der Waals surface area contributed by atoms with Crippen molar-refractivity contribution in [3.05, 3.63) is 58.8 Å².